The highest BCUT2D eigenvalue weighted by molar-refractivity contribution is 5.84. The summed E-state index contributed by atoms with van der Waals surface area (Å²) in [7, 11) is 0. The fourth-order valence-corrected chi connectivity index (χ4v) is 6.50. The predicted molar refractivity (Wildman–Crippen MR) is 172 cm³/mol. The number of pyridine rings is 2. The number of rotatable bonds is 5. The zero-order valence-electron chi connectivity index (χ0n) is 25.4. The van der Waals surface area contributed by atoms with Crippen LogP contribution in [0.15, 0.2) is 85.1 Å². The van der Waals surface area contributed by atoms with Crippen molar-refractivity contribution < 1.29 is 9.53 Å². The van der Waals surface area contributed by atoms with E-state index in [2.05, 4.69) is 50.8 Å². The Morgan fingerprint density at radius 3 is 2.32 bits per heavy atom. The first-order valence-electron chi connectivity index (χ1n) is 15.2. The van der Waals surface area contributed by atoms with Gasteiger partial charge >= 0.3 is 6.09 Å². The highest BCUT2D eigenvalue weighted by Gasteiger charge is 2.44. The van der Waals surface area contributed by atoms with Crippen molar-refractivity contribution in [3.63, 3.8) is 0 Å². The number of aromatic nitrogens is 4. The molecule has 9 nitrogen and oxygen atoms in total. The summed E-state index contributed by atoms with van der Waals surface area (Å²) in [4.78, 5) is 31.7. The van der Waals surface area contributed by atoms with Crippen molar-refractivity contribution >= 4 is 23.1 Å². The summed E-state index contributed by atoms with van der Waals surface area (Å²) in [5.74, 6) is 1.12. The third-order valence-corrected chi connectivity index (χ3v) is 8.42. The van der Waals surface area contributed by atoms with Gasteiger partial charge in [0.2, 0.25) is 0 Å². The van der Waals surface area contributed by atoms with Crippen molar-refractivity contribution in [1.82, 2.24) is 29.3 Å². The fourth-order valence-electron chi connectivity index (χ4n) is 6.50. The van der Waals surface area contributed by atoms with Crippen LogP contribution in [-0.4, -0.2) is 66.2 Å². The van der Waals surface area contributed by atoms with Crippen LogP contribution in [0.5, 0.6) is 0 Å². The minimum absolute atomic E-state index is 0.185. The molecule has 2 unspecified atom stereocenters. The number of carbonyl (C=O) groups is 1. The molecule has 2 fully saturated rings. The topological polar surface area (TPSA) is 102 Å². The molecule has 5 aromatic rings. The van der Waals surface area contributed by atoms with Crippen LogP contribution in [0.3, 0.4) is 0 Å². The van der Waals surface area contributed by atoms with Gasteiger partial charge in [0.25, 0.3) is 0 Å². The maximum Gasteiger partial charge on any atom is 0.410 e. The number of amides is 1. The highest BCUT2D eigenvalue weighted by Crippen LogP contribution is 2.34. The SMILES string of the molecule is CC(C)(C)OC(=O)N1C2CCC1CN(Cc1ccc(-n3c(-c4cccnc4N)nc4ccc(-c5ccccc5)nc43)cc1)C2. The molecule has 9 heteroatoms. The quantitative estimate of drug-likeness (QED) is 0.257. The smallest absolute Gasteiger partial charge is 0.410 e. The lowest BCUT2D eigenvalue weighted by Crippen LogP contribution is -2.56. The first-order valence-corrected chi connectivity index (χ1v) is 15.2. The number of nitrogens with zero attached hydrogens (tertiary/aromatic N) is 6. The number of imidazole rings is 1. The summed E-state index contributed by atoms with van der Waals surface area (Å²) in [5.41, 5.74) is 12.2. The first-order chi connectivity index (χ1) is 21.2. The van der Waals surface area contributed by atoms with E-state index in [9.17, 15) is 4.79 Å². The van der Waals surface area contributed by atoms with Gasteiger partial charge in [-0.3, -0.25) is 14.4 Å². The number of hydrogen-bond donors (Lipinski definition) is 1. The van der Waals surface area contributed by atoms with Crippen molar-refractivity contribution in [3.05, 3.63) is 90.6 Å². The summed E-state index contributed by atoms with van der Waals surface area (Å²) < 4.78 is 7.78. The minimum atomic E-state index is -0.489. The number of fused-ring (bicyclic) bond motifs is 3. The number of carbonyl (C=O) groups excluding carboxylic acids is 1. The molecule has 7 rings (SSSR count). The lowest BCUT2D eigenvalue weighted by atomic mass is 10.1. The first kappa shape index (κ1) is 28.0. The molecule has 2 aromatic carbocycles. The summed E-state index contributed by atoms with van der Waals surface area (Å²) in [6.45, 7) is 8.28. The van der Waals surface area contributed by atoms with Gasteiger partial charge < -0.3 is 10.5 Å². The van der Waals surface area contributed by atoms with Crippen LogP contribution in [0.1, 0.15) is 39.2 Å². The summed E-state index contributed by atoms with van der Waals surface area (Å²) in [6, 6.07) is 26.9. The number of nitrogen functional groups attached to an aromatic ring is 1. The van der Waals surface area contributed by atoms with E-state index >= 15 is 0 Å². The van der Waals surface area contributed by atoms with E-state index in [1.54, 1.807) is 6.20 Å². The van der Waals surface area contributed by atoms with Crippen molar-refractivity contribution in [3.8, 4) is 28.3 Å². The largest absolute Gasteiger partial charge is 0.444 e. The lowest BCUT2D eigenvalue weighted by Gasteiger charge is -2.41. The van der Waals surface area contributed by atoms with Gasteiger partial charge in [-0.25, -0.2) is 19.7 Å². The summed E-state index contributed by atoms with van der Waals surface area (Å²) in [5, 5.41) is 0. The van der Waals surface area contributed by atoms with Gasteiger partial charge in [0.05, 0.1) is 11.3 Å². The van der Waals surface area contributed by atoms with Crippen LogP contribution in [0.2, 0.25) is 0 Å². The van der Waals surface area contributed by atoms with Gasteiger partial charge in [0.15, 0.2) is 11.5 Å². The molecule has 1 amide bonds. The molecule has 0 radical (unpaired) electrons. The molecule has 2 N–H and O–H groups in total. The maximum absolute atomic E-state index is 12.9. The number of nitrogens with two attached hydrogens (primary N) is 1. The second-order valence-electron chi connectivity index (χ2n) is 12.7. The third kappa shape index (κ3) is 5.39. The van der Waals surface area contributed by atoms with Crippen LogP contribution in [0.25, 0.3) is 39.5 Å². The number of ether oxygens (including phenoxy) is 1. The van der Waals surface area contributed by atoms with E-state index in [0.29, 0.717) is 11.6 Å². The molecule has 2 atom stereocenters. The number of benzene rings is 2. The van der Waals surface area contributed by atoms with Crippen LogP contribution < -0.4 is 5.73 Å². The highest BCUT2D eigenvalue weighted by atomic mass is 16.6. The Labute approximate surface area is 257 Å². The molecule has 2 saturated heterocycles. The van der Waals surface area contributed by atoms with E-state index in [4.69, 9.17) is 20.4 Å². The normalized spacial score (nSPS) is 18.6. The Morgan fingerprint density at radius 2 is 1.64 bits per heavy atom. The molecule has 0 aliphatic carbocycles. The maximum atomic E-state index is 12.9. The number of anilines is 1. The van der Waals surface area contributed by atoms with Gasteiger partial charge in [0.1, 0.15) is 16.9 Å². The van der Waals surface area contributed by atoms with E-state index < -0.39 is 5.60 Å². The van der Waals surface area contributed by atoms with Gasteiger partial charge in [-0.15, -0.1) is 0 Å². The summed E-state index contributed by atoms with van der Waals surface area (Å²) >= 11 is 0. The lowest BCUT2D eigenvalue weighted by molar-refractivity contribution is -0.00542. The Balaban J connectivity index is 1.18. The van der Waals surface area contributed by atoms with Gasteiger partial charge in [0, 0.05) is 49.2 Å². The number of hydrogen-bond acceptors (Lipinski definition) is 7. The van der Waals surface area contributed by atoms with Crippen LogP contribution in [0, 0.1) is 0 Å². The number of piperazine rings is 1. The average Bonchev–Trinajstić information content (AvgIpc) is 3.51. The standard InChI is InChI=1S/C35H37N7O2/c1-35(2,3)44-34(43)41-26-15-16-27(41)22-40(21-26)20-23-11-13-25(14-12-23)42-32(28-10-7-19-37-31(28)36)39-30-18-17-29(38-33(30)42)24-8-5-4-6-9-24/h4-14,17-19,26-27H,15-16,20-22H2,1-3H3,(H2,36,37). The minimum Gasteiger partial charge on any atom is -0.444 e. The van der Waals surface area contributed by atoms with Gasteiger partial charge in [-0.1, -0.05) is 42.5 Å². The molecular formula is C35H37N7O2. The molecule has 0 spiro atoms. The molecule has 5 heterocycles. The molecule has 3 aromatic heterocycles. The zero-order valence-corrected chi connectivity index (χ0v) is 25.4. The van der Waals surface area contributed by atoms with E-state index in [0.717, 1.165) is 66.1 Å². The third-order valence-electron chi connectivity index (χ3n) is 8.42. The number of likely N-dealkylation sites (tertiary alicyclic amines) is 1. The molecule has 0 saturated carbocycles. The van der Waals surface area contributed by atoms with Crippen molar-refractivity contribution in [2.75, 3.05) is 18.8 Å². The molecule has 2 aliphatic heterocycles. The zero-order chi connectivity index (χ0) is 30.4. The van der Waals surface area contributed by atoms with E-state index in [1.165, 1.54) is 5.56 Å². The summed E-state index contributed by atoms with van der Waals surface area (Å²) in [6.07, 6.45) is 3.54. The Kier molecular flexibility index (Phi) is 7.05. The molecule has 2 aliphatic rings. The van der Waals surface area contributed by atoms with Crippen molar-refractivity contribution in [1.29, 1.82) is 0 Å². The molecule has 44 heavy (non-hydrogen) atoms. The molecular weight excluding hydrogens is 550 g/mol. The van der Waals surface area contributed by atoms with Gasteiger partial charge in [-0.2, -0.15) is 0 Å². The van der Waals surface area contributed by atoms with Gasteiger partial charge in [-0.05, 0) is 75.6 Å². The Hall–Kier alpha value is -4.76. The molecule has 224 valence electrons. The second-order valence-corrected chi connectivity index (χ2v) is 12.7. The fraction of sp³-hybridized carbons (Fsp3) is 0.314. The van der Waals surface area contributed by atoms with Crippen LogP contribution in [-0.2, 0) is 11.3 Å². The monoisotopic (exact) mass is 587 g/mol. The Bertz CT molecular complexity index is 1800. The Morgan fingerprint density at radius 1 is 0.909 bits per heavy atom. The van der Waals surface area contributed by atoms with E-state index in [-0.39, 0.29) is 18.2 Å². The van der Waals surface area contributed by atoms with Crippen molar-refractivity contribution in [2.24, 2.45) is 0 Å². The average molecular weight is 588 g/mol. The van der Waals surface area contributed by atoms with Crippen molar-refractivity contribution in [2.45, 2.75) is 57.8 Å². The van der Waals surface area contributed by atoms with Crippen LogP contribution in [0.4, 0.5) is 10.6 Å². The molecule has 2 bridgehead atoms. The predicted octanol–water partition coefficient (Wildman–Crippen LogP) is 6.32. The van der Waals surface area contributed by atoms with Crippen LogP contribution >= 0.6 is 0 Å². The second kappa shape index (κ2) is 11.1. The van der Waals surface area contributed by atoms with E-state index in [1.807, 2.05) is 68.1 Å².